The summed E-state index contributed by atoms with van der Waals surface area (Å²) in [5.74, 6) is -0.970. The maximum Gasteiger partial charge on any atom is 0.311 e. The number of nitro groups is 1. The Hall–Kier alpha value is -5.01. The van der Waals surface area contributed by atoms with Crippen molar-refractivity contribution in [2.75, 3.05) is 10.6 Å². The van der Waals surface area contributed by atoms with Gasteiger partial charge in [-0.2, -0.15) is 15.3 Å². The highest BCUT2D eigenvalue weighted by molar-refractivity contribution is 6.11. The van der Waals surface area contributed by atoms with E-state index in [1.54, 1.807) is 24.8 Å². The van der Waals surface area contributed by atoms with Gasteiger partial charge in [0.05, 0.1) is 34.4 Å². The number of para-hydroxylation sites is 2. The zero-order valence-electron chi connectivity index (χ0n) is 19.0. The molecule has 4 rings (SSSR count). The number of carbonyl (C=O) groups is 2. The Morgan fingerprint density at radius 2 is 1.71 bits per heavy atom. The topological polar surface area (TPSA) is 164 Å². The van der Waals surface area contributed by atoms with Crippen LogP contribution in [0.4, 0.5) is 17.1 Å². The maximum absolute atomic E-state index is 12.9. The Balaban J connectivity index is 1.44. The fourth-order valence-corrected chi connectivity index (χ4v) is 3.21. The van der Waals surface area contributed by atoms with Crippen LogP contribution in [0.3, 0.4) is 0 Å². The second-order valence-corrected chi connectivity index (χ2v) is 7.44. The Morgan fingerprint density at radius 1 is 1.03 bits per heavy atom. The van der Waals surface area contributed by atoms with Crippen molar-refractivity contribution in [1.82, 2.24) is 29.3 Å². The molecule has 2 N–H and O–H groups in total. The summed E-state index contributed by atoms with van der Waals surface area (Å²) in [7, 11) is 3.33. The molecule has 14 heteroatoms. The third-order valence-electron chi connectivity index (χ3n) is 5.17. The lowest BCUT2D eigenvalue weighted by Crippen LogP contribution is -2.21. The van der Waals surface area contributed by atoms with Gasteiger partial charge in [-0.15, -0.1) is 0 Å². The quantitative estimate of drug-likeness (QED) is 0.286. The van der Waals surface area contributed by atoms with Gasteiger partial charge in [0.2, 0.25) is 0 Å². The van der Waals surface area contributed by atoms with Gasteiger partial charge in [0, 0.05) is 26.4 Å². The maximum atomic E-state index is 12.9. The minimum atomic E-state index is -0.575. The molecule has 0 atom stereocenters. The van der Waals surface area contributed by atoms with E-state index in [2.05, 4.69) is 25.9 Å². The first-order chi connectivity index (χ1) is 16.7. The summed E-state index contributed by atoms with van der Waals surface area (Å²) in [4.78, 5) is 36.2. The Labute approximate surface area is 198 Å². The second-order valence-electron chi connectivity index (χ2n) is 7.44. The molecule has 35 heavy (non-hydrogen) atoms. The molecule has 0 radical (unpaired) electrons. The van der Waals surface area contributed by atoms with E-state index < -0.39 is 16.7 Å². The second kappa shape index (κ2) is 9.46. The highest BCUT2D eigenvalue weighted by Crippen LogP contribution is 2.26. The van der Waals surface area contributed by atoms with Crippen molar-refractivity contribution in [3.63, 3.8) is 0 Å². The van der Waals surface area contributed by atoms with Crippen molar-refractivity contribution in [2.45, 2.75) is 13.7 Å². The normalized spacial score (nSPS) is 10.7. The molecule has 0 saturated heterocycles. The third kappa shape index (κ3) is 4.85. The highest BCUT2D eigenvalue weighted by Gasteiger charge is 2.22. The van der Waals surface area contributed by atoms with Crippen LogP contribution in [0.15, 0.2) is 48.9 Å². The van der Waals surface area contributed by atoms with E-state index in [9.17, 15) is 19.7 Å². The Morgan fingerprint density at radius 3 is 2.43 bits per heavy atom. The summed E-state index contributed by atoms with van der Waals surface area (Å²) < 4.78 is 9.75. The van der Waals surface area contributed by atoms with Crippen LogP contribution in [-0.2, 0) is 20.8 Å². The van der Waals surface area contributed by atoms with Crippen LogP contribution >= 0.6 is 0 Å². The monoisotopic (exact) mass is 479 g/mol. The third-order valence-corrected chi connectivity index (χ3v) is 5.17. The Bertz CT molecular complexity index is 1420. The summed E-state index contributed by atoms with van der Waals surface area (Å²) in [5.41, 5.74) is 1.51. The van der Waals surface area contributed by atoms with Crippen molar-refractivity contribution < 1.29 is 19.2 Å². The van der Waals surface area contributed by atoms with Gasteiger partial charge in [-0.05, 0) is 19.1 Å². The van der Waals surface area contributed by atoms with Gasteiger partial charge in [0.15, 0.2) is 18.2 Å². The molecule has 2 amide bonds. The molecule has 0 unspecified atom stereocenters. The van der Waals surface area contributed by atoms with E-state index in [1.807, 2.05) is 6.92 Å². The smallest absolute Gasteiger partial charge is 0.311 e. The molecule has 1 aromatic carbocycles. The average molecular weight is 479 g/mol. The summed E-state index contributed by atoms with van der Waals surface area (Å²) >= 11 is 0. The van der Waals surface area contributed by atoms with Crippen molar-refractivity contribution in [2.24, 2.45) is 14.1 Å². The van der Waals surface area contributed by atoms with Gasteiger partial charge in [-0.25, -0.2) is 4.68 Å². The predicted molar refractivity (Wildman–Crippen MR) is 123 cm³/mol. The number of aryl methyl sites for hydroxylation is 2. The van der Waals surface area contributed by atoms with E-state index in [0.717, 1.165) is 5.69 Å². The van der Waals surface area contributed by atoms with E-state index in [4.69, 9.17) is 4.74 Å². The van der Waals surface area contributed by atoms with Gasteiger partial charge in [0.25, 0.3) is 11.8 Å². The number of nitrogens with zero attached hydrogens (tertiary/aromatic N) is 7. The van der Waals surface area contributed by atoms with Crippen LogP contribution in [0.5, 0.6) is 5.75 Å². The molecule has 4 aromatic rings. The number of ether oxygens (including phenoxy) is 1. The molecular formula is C21H21N9O5. The van der Waals surface area contributed by atoms with Gasteiger partial charge in [0.1, 0.15) is 5.69 Å². The minimum Gasteiger partial charge on any atom is -0.464 e. The van der Waals surface area contributed by atoms with Crippen LogP contribution in [0, 0.1) is 17.0 Å². The van der Waals surface area contributed by atoms with Crippen LogP contribution < -0.4 is 15.4 Å². The van der Waals surface area contributed by atoms with Crippen molar-refractivity contribution in [3.8, 4) is 5.75 Å². The lowest BCUT2D eigenvalue weighted by Gasteiger charge is -2.08. The number of hydrogen-bond donors (Lipinski definition) is 2. The van der Waals surface area contributed by atoms with Crippen molar-refractivity contribution in [3.05, 3.63) is 76.1 Å². The molecule has 0 aliphatic heterocycles. The molecule has 0 aliphatic carbocycles. The standard InChI is InChI=1S/C21H21N9O5/c1-13-15(10-22-27(13)2)24-21(32)19-16(11-23-28(19)3)25-20(31)14-8-9-29(26-14)12-35-18-7-5-4-6-17(18)30(33)34/h4-11H,12H2,1-3H3,(H,24,32)(H,25,31). The number of nitro benzene ring substituents is 1. The van der Waals surface area contributed by atoms with Crippen LogP contribution in [0.25, 0.3) is 0 Å². The summed E-state index contributed by atoms with van der Waals surface area (Å²) in [5, 5.41) is 28.8. The molecule has 14 nitrogen and oxygen atoms in total. The van der Waals surface area contributed by atoms with Gasteiger partial charge >= 0.3 is 5.69 Å². The summed E-state index contributed by atoms with van der Waals surface area (Å²) in [6, 6.07) is 7.40. The molecule has 0 spiro atoms. The highest BCUT2D eigenvalue weighted by atomic mass is 16.6. The number of carbonyl (C=O) groups excluding carboxylic acids is 2. The lowest BCUT2D eigenvalue weighted by molar-refractivity contribution is -0.386. The number of hydrogen-bond acceptors (Lipinski definition) is 8. The van der Waals surface area contributed by atoms with E-state index in [-0.39, 0.29) is 35.2 Å². The zero-order chi connectivity index (χ0) is 25.1. The zero-order valence-corrected chi connectivity index (χ0v) is 19.0. The summed E-state index contributed by atoms with van der Waals surface area (Å²) in [6.07, 6.45) is 4.38. The first-order valence-corrected chi connectivity index (χ1v) is 10.3. The van der Waals surface area contributed by atoms with E-state index in [0.29, 0.717) is 5.69 Å². The number of rotatable bonds is 8. The van der Waals surface area contributed by atoms with Crippen molar-refractivity contribution >= 4 is 28.9 Å². The van der Waals surface area contributed by atoms with Crippen LogP contribution in [0.1, 0.15) is 26.7 Å². The number of nitrogens with one attached hydrogen (secondary N) is 2. The van der Waals surface area contributed by atoms with Gasteiger partial charge in [-0.3, -0.25) is 29.1 Å². The molecule has 0 fully saturated rings. The number of amides is 2. The number of aromatic nitrogens is 6. The van der Waals surface area contributed by atoms with Crippen LogP contribution in [0.2, 0.25) is 0 Å². The van der Waals surface area contributed by atoms with Crippen LogP contribution in [-0.4, -0.2) is 46.1 Å². The van der Waals surface area contributed by atoms with Crippen molar-refractivity contribution in [1.29, 1.82) is 0 Å². The molecule has 0 saturated carbocycles. The number of benzene rings is 1. The predicted octanol–water partition coefficient (Wildman–Crippen LogP) is 2.11. The van der Waals surface area contributed by atoms with E-state index in [1.165, 1.54) is 52.2 Å². The average Bonchev–Trinajstić information content (AvgIpc) is 3.53. The van der Waals surface area contributed by atoms with Gasteiger partial charge < -0.3 is 15.4 Å². The Kier molecular flexibility index (Phi) is 6.26. The fraction of sp³-hybridized carbons (Fsp3) is 0.190. The van der Waals surface area contributed by atoms with E-state index >= 15 is 0 Å². The fourth-order valence-electron chi connectivity index (χ4n) is 3.21. The number of anilines is 2. The molecule has 3 heterocycles. The lowest BCUT2D eigenvalue weighted by atomic mass is 10.3. The molecule has 180 valence electrons. The molecule has 3 aromatic heterocycles. The molecule has 0 bridgehead atoms. The first-order valence-electron chi connectivity index (χ1n) is 10.3. The first kappa shape index (κ1) is 23.2. The largest absolute Gasteiger partial charge is 0.464 e. The van der Waals surface area contributed by atoms with Gasteiger partial charge in [-0.1, -0.05) is 12.1 Å². The summed E-state index contributed by atoms with van der Waals surface area (Å²) in [6.45, 7) is 1.66. The molecule has 0 aliphatic rings. The minimum absolute atomic E-state index is 0.0504. The molecular weight excluding hydrogens is 458 g/mol. The SMILES string of the molecule is Cc1c(NC(=O)c2c(NC(=O)c3ccn(COc4ccccc4[N+](=O)[O-])n3)cnn2C)cnn1C.